The largest absolute Gasteiger partial charge is 0.327 e. The molecule has 1 aromatic heterocycles. The molecule has 4 heteroatoms. The lowest BCUT2D eigenvalue weighted by atomic mass is 10.1. The molecule has 1 atom stereocenters. The van der Waals surface area contributed by atoms with Gasteiger partial charge in [0.25, 0.3) is 0 Å². The van der Waals surface area contributed by atoms with Crippen molar-refractivity contribution in [3.05, 3.63) is 12.2 Å². The van der Waals surface area contributed by atoms with E-state index in [-0.39, 0.29) is 0 Å². The van der Waals surface area contributed by atoms with Crippen LogP contribution in [-0.2, 0) is 13.0 Å². The molecule has 1 aromatic rings. The molecular formula is C11H20N4. The molecule has 0 saturated heterocycles. The molecule has 1 fully saturated rings. The molecule has 0 radical (unpaired) electrons. The maximum Gasteiger partial charge on any atom is 0.138 e. The third-order valence-electron chi connectivity index (χ3n) is 3.06. The number of aryl methyl sites for hydroxylation is 2. The molecule has 4 nitrogen and oxygen atoms in total. The predicted octanol–water partition coefficient (Wildman–Crippen LogP) is 1.36. The zero-order valence-electron chi connectivity index (χ0n) is 9.39. The van der Waals surface area contributed by atoms with Crippen molar-refractivity contribution in [1.29, 1.82) is 0 Å². The van der Waals surface area contributed by atoms with Crippen molar-refractivity contribution in [1.82, 2.24) is 14.8 Å². The van der Waals surface area contributed by atoms with Crippen molar-refractivity contribution in [2.75, 3.05) is 0 Å². The second-order valence-electron chi connectivity index (χ2n) is 4.44. The van der Waals surface area contributed by atoms with Gasteiger partial charge in [-0.25, -0.2) is 4.98 Å². The normalized spacial score (nSPS) is 18.0. The van der Waals surface area contributed by atoms with Crippen LogP contribution in [0, 0.1) is 5.92 Å². The Kier molecular flexibility index (Phi) is 3.36. The second-order valence-corrected chi connectivity index (χ2v) is 4.44. The zero-order valence-corrected chi connectivity index (χ0v) is 9.39. The predicted molar refractivity (Wildman–Crippen MR) is 59.3 cm³/mol. The molecule has 1 saturated carbocycles. The number of rotatable bonds is 6. The van der Waals surface area contributed by atoms with Gasteiger partial charge in [0.2, 0.25) is 0 Å². The second kappa shape index (κ2) is 4.75. The molecular weight excluding hydrogens is 188 g/mol. The summed E-state index contributed by atoms with van der Waals surface area (Å²) in [6, 6.07) is 0.372. The van der Waals surface area contributed by atoms with Gasteiger partial charge in [0.15, 0.2) is 0 Å². The molecule has 0 amide bonds. The zero-order chi connectivity index (χ0) is 10.7. The number of hydrogen-bond acceptors (Lipinski definition) is 3. The molecule has 0 aromatic carbocycles. The van der Waals surface area contributed by atoms with E-state index in [0.717, 1.165) is 37.5 Å². The van der Waals surface area contributed by atoms with Gasteiger partial charge in [0.05, 0.1) is 0 Å². The standard InChI is InChI=1S/C11H20N4/c1-2-7-15-11(13-8-14-15)6-5-10(12)9-3-4-9/h8-10H,2-7,12H2,1H3. The Morgan fingerprint density at radius 3 is 3.07 bits per heavy atom. The topological polar surface area (TPSA) is 56.7 Å². The number of hydrogen-bond donors (Lipinski definition) is 1. The van der Waals surface area contributed by atoms with Gasteiger partial charge in [0.1, 0.15) is 12.2 Å². The van der Waals surface area contributed by atoms with E-state index >= 15 is 0 Å². The summed E-state index contributed by atoms with van der Waals surface area (Å²) in [5.74, 6) is 1.88. The molecule has 1 aliphatic carbocycles. The van der Waals surface area contributed by atoms with E-state index in [1.54, 1.807) is 6.33 Å². The SMILES string of the molecule is CCCn1ncnc1CCC(N)C1CC1. The highest BCUT2D eigenvalue weighted by Crippen LogP contribution is 2.33. The highest BCUT2D eigenvalue weighted by atomic mass is 15.3. The first-order chi connectivity index (χ1) is 7.31. The van der Waals surface area contributed by atoms with Crippen LogP contribution in [-0.4, -0.2) is 20.8 Å². The van der Waals surface area contributed by atoms with Crippen molar-refractivity contribution in [2.24, 2.45) is 11.7 Å². The Morgan fingerprint density at radius 1 is 1.60 bits per heavy atom. The Balaban J connectivity index is 1.83. The van der Waals surface area contributed by atoms with Gasteiger partial charge in [0, 0.05) is 19.0 Å². The quantitative estimate of drug-likeness (QED) is 0.768. The summed E-state index contributed by atoms with van der Waals surface area (Å²) in [4.78, 5) is 4.28. The molecule has 0 aliphatic heterocycles. The fourth-order valence-corrected chi connectivity index (χ4v) is 1.94. The summed E-state index contributed by atoms with van der Waals surface area (Å²) >= 11 is 0. The highest BCUT2D eigenvalue weighted by Gasteiger charge is 2.28. The molecule has 1 unspecified atom stereocenters. The van der Waals surface area contributed by atoms with E-state index in [2.05, 4.69) is 17.0 Å². The van der Waals surface area contributed by atoms with Crippen molar-refractivity contribution < 1.29 is 0 Å². The number of nitrogens with zero attached hydrogens (tertiary/aromatic N) is 3. The van der Waals surface area contributed by atoms with Gasteiger partial charge in [-0.3, -0.25) is 4.68 Å². The summed E-state index contributed by atoms with van der Waals surface area (Å²) in [5.41, 5.74) is 6.06. The average Bonchev–Trinajstić information content (AvgIpc) is 2.99. The van der Waals surface area contributed by atoms with Crippen LogP contribution in [0.4, 0.5) is 0 Å². The summed E-state index contributed by atoms with van der Waals surface area (Å²) in [7, 11) is 0. The van der Waals surface area contributed by atoms with E-state index in [4.69, 9.17) is 5.73 Å². The Hall–Kier alpha value is -0.900. The monoisotopic (exact) mass is 208 g/mol. The first kappa shape index (κ1) is 10.6. The molecule has 84 valence electrons. The van der Waals surface area contributed by atoms with Crippen LogP contribution in [0.5, 0.6) is 0 Å². The Bertz CT molecular complexity index is 303. The molecule has 2 N–H and O–H groups in total. The summed E-state index contributed by atoms with van der Waals surface area (Å²) in [5, 5.41) is 4.21. The third-order valence-corrected chi connectivity index (χ3v) is 3.06. The van der Waals surface area contributed by atoms with Crippen LogP contribution in [0.2, 0.25) is 0 Å². The van der Waals surface area contributed by atoms with Crippen molar-refractivity contribution in [3.8, 4) is 0 Å². The van der Waals surface area contributed by atoms with Crippen LogP contribution in [0.1, 0.15) is 38.4 Å². The van der Waals surface area contributed by atoms with Gasteiger partial charge in [-0.1, -0.05) is 6.92 Å². The molecule has 2 rings (SSSR count). The van der Waals surface area contributed by atoms with Crippen LogP contribution in [0.3, 0.4) is 0 Å². The summed E-state index contributed by atoms with van der Waals surface area (Å²) < 4.78 is 2.00. The van der Waals surface area contributed by atoms with Crippen LogP contribution in [0.15, 0.2) is 6.33 Å². The smallest absolute Gasteiger partial charge is 0.138 e. The maximum absolute atomic E-state index is 6.06. The lowest BCUT2D eigenvalue weighted by Crippen LogP contribution is -2.23. The van der Waals surface area contributed by atoms with E-state index in [1.807, 2.05) is 4.68 Å². The third kappa shape index (κ3) is 2.78. The van der Waals surface area contributed by atoms with Crippen LogP contribution >= 0.6 is 0 Å². The average molecular weight is 208 g/mol. The molecule has 0 spiro atoms. The first-order valence-corrected chi connectivity index (χ1v) is 5.93. The molecule has 1 aliphatic rings. The van der Waals surface area contributed by atoms with Gasteiger partial charge in [-0.15, -0.1) is 0 Å². The van der Waals surface area contributed by atoms with E-state index in [0.29, 0.717) is 6.04 Å². The summed E-state index contributed by atoms with van der Waals surface area (Å²) in [6.45, 7) is 3.12. The van der Waals surface area contributed by atoms with Gasteiger partial charge >= 0.3 is 0 Å². The minimum atomic E-state index is 0.372. The Morgan fingerprint density at radius 2 is 2.40 bits per heavy atom. The van der Waals surface area contributed by atoms with Gasteiger partial charge in [-0.2, -0.15) is 5.10 Å². The maximum atomic E-state index is 6.06. The Labute approximate surface area is 90.9 Å². The van der Waals surface area contributed by atoms with Gasteiger partial charge in [-0.05, 0) is 31.6 Å². The van der Waals surface area contributed by atoms with Crippen molar-refractivity contribution in [2.45, 2.75) is 51.6 Å². The highest BCUT2D eigenvalue weighted by molar-refractivity contribution is 4.90. The van der Waals surface area contributed by atoms with E-state index in [1.165, 1.54) is 12.8 Å². The van der Waals surface area contributed by atoms with Crippen LogP contribution in [0.25, 0.3) is 0 Å². The van der Waals surface area contributed by atoms with E-state index < -0.39 is 0 Å². The first-order valence-electron chi connectivity index (χ1n) is 5.93. The fourth-order valence-electron chi connectivity index (χ4n) is 1.94. The minimum absolute atomic E-state index is 0.372. The molecule has 1 heterocycles. The fraction of sp³-hybridized carbons (Fsp3) is 0.818. The lowest BCUT2D eigenvalue weighted by Gasteiger charge is -2.09. The lowest BCUT2D eigenvalue weighted by molar-refractivity contribution is 0.512. The summed E-state index contributed by atoms with van der Waals surface area (Å²) in [6.07, 6.45) is 7.41. The molecule has 15 heavy (non-hydrogen) atoms. The number of nitrogens with two attached hydrogens (primary N) is 1. The molecule has 0 bridgehead atoms. The van der Waals surface area contributed by atoms with Crippen molar-refractivity contribution in [3.63, 3.8) is 0 Å². The number of aromatic nitrogens is 3. The minimum Gasteiger partial charge on any atom is -0.327 e. The van der Waals surface area contributed by atoms with E-state index in [9.17, 15) is 0 Å². The van der Waals surface area contributed by atoms with Crippen LogP contribution < -0.4 is 5.73 Å². The van der Waals surface area contributed by atoms with Gasteiger partial charge < -0.3 is 5.73 Å². The van der Waals surface area contributed by atoms with Crippen molar-refractivity contribution >= 4 is 0 Å².